The highest BCUT2D eigenvalue weighted by molar-refractivity contribution is 7.99. The molecule has 1 N–H and O–H groups in total. The van der Waals surface area contributed by atoms with Gasteiger partial charge in [0.1, 0.15) is 6.33 Å². The first kappa shape index (κ1) is 14.5. The first-order valence-electron chi connectivity index (χ1n) is 5.76. The number of hydrogen-bond acceptors (Lipinski definition) is 5. The van der Waals surface area contributed by atoms with Gasteiger partial charge in [-0.05, 0) is 20.4 Å². The van der Waals surface area contributed by atoms with E-state index in [9.17, 15) is 0 Å². The van der Waals surface area contributed by atoms with Crippen molar-refractivity contribution in [2.45, 2.75) is 37.6 Å². The van der Waals surface area contributed by atoms with Crippen molar-refractivity contribution in [3.63, 3.8) is 0 Å². The first-order valence-corrected chi connectivity index (χ1v) is 6.75. The standard InChI is InChI=1S/C11H22N4OS/c1-6-12-9(11(2,3)16-5)7-17-10-13-8-14-15(10)4/h8-9,12H,6-7H2,1-5H3. The van der Waals surface area contributed by atoms with Gasteiger partial charge >= 0.3 is 0 Å². The van der Waals surface area contributed by atoms with Gasteiger partial charge in [-0.1, -0.05) is 18.7 Å². The van der Waals surface area contributed by atoms with E-state index in [0.29, 0.717) is 0 Å². The minimum absolute atomic E-state index is 0.193. The first-order chi connectivity index (χ1) is 8.01. The van der Waals surface area contributed by atoms with Gasteiger partial charge in [0.05, 0.1) is 5.60 Å². The summed E-state index contributed by atoms with van der Waals surface area (Å²) in [6.07, 6.45) is 1.58. The van der Waals surface area contributed by atoms with E-state index in [1.807, 2.05) is 7.05 Å². The summed E-state index contributed by atoms with van der Waals surface area (Å²) in [4.78, 5) is 4.20. The predicted octanol–water partition coefficient (Wildman–Crippen LogP) is 1.31. The number of likely N-dealkylation sites (N-methyl/N-ethyl adjacent to an activating group) is 1. The van der Waals surface area contributed by atoms with Crippen LogP contribution in [0, 0.1) is 0 Å². The Morgan fingerprint density at radius 3 is 2.76 bits per heavy atom. The molecule has 1 rings (SSSR count). The molecule has 6 heteroatoms. The molecule has 0 saturated heterocycles. The average Bonchev–Trinajstić information content (AvgIpc) is 2.70. The summed E-state index contributed by atoms with van der Waals surface area (Å²) in [6.45, 7) is 7.22. The highest BCUT2D eigenvalue weighted by Gasteiger charge is 2.28. The van der Waals surface area contributed by atoms with E-state index in [2.05, 4.69) is 36.2 Å². The van der Waals surface area contributed by atoms with Crippen LogP contribution in [0.25, 0.3) is 0 Å². The number of methoxy groups -OCH3 is 1. The topological polar surface area (TPSA) is 52.0 Å². The lowest BCUT2D eigenvalue weighted by molar-refractivity contribution is -0.00311. The molecule has 1 heterocycles. The molecule has 17 heavy (non-hydrogen) atoms. The SMILES string of the molecule is CCNC(CSc1ncnn1C)C(C)(C)OC. The number of rotatable bonds is 7. The number of nitrogens with zero attached hydrogens (tertiary/aromatic N) is 3. The largest absolute Gasteiger partial charge is 0.377 e. The Hall–Kier alpha value is -0.590. The van der Waals surface area contributed by atoms with Gasteiger partial charge < -0.3 is 10.1 Å². The summed E-state index contributed by atoms with van der Waals surface area (Å²) in [5.74, 6) is 0.904. The quantitative estimate of drug-likeness (QED) is 0.747. The maximum absolute atomic E-state index is 5.53. The normalized spacial score (nSPS) is 13.9. The van der Waals surface area contributed by atoms with E-state index in [-0.39, 0.29) is 11.6 Å². The van der Waals surface area contributed by atoms with E-state index in [4.69, 9.17) is 4.74 Å². The van der Waals surface area contributed by atoms with Crippen molar-refractivity contribution in [1.29, 1.82) is 0 Å². The summed E-state index contributed by atoms with van der Waals surface area (Å²) < 4.78 is 7.32. The summed E-state index contributed by atoms with van der Waals surface area (Å²) in [7, 11) is 3.65. The molecule has 0 aliphatic carbocycles. The van der Waals surface area contributed by atoms with Gasteiger partial charge in [-0.3, -0.25) is 0 Å². The maximum Gasteiger partial charge on any atom is 0.185 e. The second-order valence-electron chi connectivity index (χ2n) is 4.40. The highest BCUT2D eigenvalue weighted by atomic mass is 32.2. The molecule has 0 radical (unpaired) electrons. The van der Waals surface area contributed by atoms with Crippen molar-refractivity contribution in [1.82, 2.24) is 20.1 Å². The van der Waals surface area contributed by atoms with Crippen LogP contribution in [0.5, 0.6) is 0 Å². The van der Waals surface area contributed by atoms with Crippen molar-refractivity contribution >= 4 is 11.8 Å². The van der Waals surface area contributed by atoms with Gasteiger partial charge in [-0.2, -0.15) is 5.10 Å². The van der Waals surface area contributed by atoms with Crippen LogP contribution in [0.2, 0.25) is 0 Å². The fourth-order valence-electron chi connectivity index (χ4n) is 1.47. The Morgan fingerprint density at radius 1 is 1.59 bits per heavy atom. The monoisotopic (exact) mass is 258 g/mol. The second-order valence-corrected chi connectivity index (χ2v) is 5.38. The molecule has 0 amide bonds. The predicted molar refractivity (Wildman–Crippen MR) is 70.3 cm³/mol. The molecule has 1 aromatic rings. The molecule has 0 saturated carbocycles. The molecule has 0 aliphatic rings. The Bertz CT molecular complexity index is 340. The van der Waals surface area contributed by atoms with Crippen LogP contribution in [-0.4, -0.2) is 45.8 Å². The van der Waals surface area contributed by atoms with E-state index < -0.39 is 0 Å². The molecular weight excluding hydrogens is 236 g/mol. The van der Waals surface area contributed by atoms with Gasteiger partial charge in [0, 0.05) is 26.0 Å². The van der Waals surface area contributed by atoms with Crippen molar-refractivity contribution in [2.75, 3.05) is 19.4 Å². The molecule has 1 unspecified atom stereocenters. The van der Waals surface area contributed by atoms with Crippen molar-refractivity contribution in [3.8, 4) is 0 Å². The average molecular weight is 258 g/mol. The van der Waals surface area contributed by atoms with Crippen LogP contribution >= 0.6 is 11.8 Å². The minimum Gasteiger partial charge on any atom is -0.377 e. The summed E-state index contributed by atoms with van der Waals surface area (Å²) in [5.41, 5.74) is -0.193. The fraction of sp³-hybridized carbons (Fsp3) is 0.818. The lowest BCUT2D eigenvalue weighted by atomic mass is 10.0. The maximum atomic E-state index is 5.53. The van der Waals surface area contributed by atoms with Crippen LogP contribution in [0.15, 0.2) is 11.5 Å². The van der Waals surface area contributed by atoms with Crippen LogP contribution < -0.4 is 5.32 Å². The third kappa shape index (κ3) is 3.97. The molecule has 0 fully saturated rings. The lowest BCUT2D eigenvalue weighted by Crippen LogP contribution is -2.49. The van der Waals surface area contributed by atoms with E-state index >= 15 is 0 Å². The van der Waals surface area contributed by atoms with Crippen LogP contribution in [0.3, 0.4) is 0 Å². The van der Waals surface area contributed by atoms with Crippen molar-refractivity contribution in [3.05, 3.63) is 6.33 Å². The highest BCUT2D eigenvalue weighted by Crippen LogP contribution is 2.21. The van der Waals surface area contributed by atoms with Crippen LogP contribution in [0.4, 0.5) is 0 Å². The molecule has 0 spiro atoms. The molecule has 5 nitrogen and oxygen atoms in total. The number of nitrogens with one attached hydrogen (secondary N) is 1. The summed E-state index contributed by atoms with van der Waals surface area (Å²) in [5, 5.41) is 8.44. The smallest absolute Gasteiger partial charge is 0.185 e. The Morgan fingerprint density at radius 2 is 2.29 bits per heavy atom. The Labute approximate surface area is 107 Å². The number of thioether (sulfide) groups is 1. The Kier molecular flexibility index (Phi) is 5.42. The van der Waals surface area contributed by atoms with Crippen molar-refractivity contribution < 1.29 is 4.74 Å². The molecule has 0 aliphatic heterocycles. The zero-order valence-electron chi connectivity index (χ0n) is 11.2. The minimum atomic E-state index is -0.193. The second kappa shape index (κ2) is 6.37. The Balaban J connectivity index is 2.59. The van der Waals surface area contributed by atoms with E-state index in [1.54, 1.807) is 29.9 Å². The summed E-state index contributed by atoms with van der Waals surface area (Å²) >= 11 is 1.69. The number of ether oxygens (including phenoxy) is 1. The zero-order valence-corrected chi connectivity index (χ0v) is 12.0. The number of hydrogen-bond donors (Lipinski definition) is 1. The lowest BCUT2D eigenvalue weighted by Gasteiger charge is -2.33. The molecule has 0 bridgehead atoms. The fourth-order valence-corrected chi connectivity index (χ4v) is 2.66. The van der Waals surface area contributed by atoms with Gasteiger partial charge in [0.25, 0.3) is 0 Å². The van der Waals surface area contributed by atoms with Gasteiger partial charge in [0.2, 0.25) is 0 Å². The van der Waals surface area contributed by atoms with Crippen molar-refractivity contribution in [2.24, 2.45) is 7.05 Å². The molecule has 98 valence electrons. The van der Waals surface area contributed by atoms with E-state index in [0.717, 1.165) is 17.5 Å². The van der Waals surface area contributed by atoms with Gasteiger partial charge in [-0.25, -0.2) is 9.67 Å². The van der Waals surface area contributed by atoms with Gasteiger partial charge in [0.15, 0.2) is 5.16 Å². The van der Waals surface area contributed by atoms with Gasteiger partial charge in [-0.15, -0.1) is 0 Å². The third-order valence-electron chi connectivity index (χ3n) is 2.86. The molecular formula is C11H22N4OS. The van der Waals surface area contributed by atoms with Crippen LogP contribution in [0.1, 0.15) is 20.8 Å². The third-order valence-corrected chi connectivity index (χ3v) is 3.99. The molecule has 0 aromatic carbocycles. The van der Waals surface area contributed by atoms with E-state index in [1.165, 1.54) is 0 Å². The van der Waals surface area contributed by atoms with Crippen LogP contribution in [-0.2, 0) is 11.8 Å². The molecule has 1 atom stereocenters. The number of aryl methyl sites for hydroxylation is 1. The molecule has 1 aromatic heterocycles. The summed E-state index contributed by atoms with van der Waals surface area (Å²) in [6, 6.07) is 0.277. The zero-order chi connectivity index (χ0) is 12.9. The number of aromatic nitrogens is 3.